The summed E-state index contributed by atoms with van der Waals surface area (Å²) < 4.78 is 0. The molecule has 0 saturated carbocycles. The number of ketones is 1. The van der Waals surface area contributed by atoms with Crippen molar-refractivity contribution in [3.05, 3.63) is 77.4 Å². The molecule has 0 fully saturated rings. The van der Waals surface area contributed by atoms with Gasteiger partial charge in [0.2, 0.25) is 5.78 Å². The molecular weight excluding hydrogens is 304 g/mol. The average molecular weight is 315 g/mol. The van der Waals surface area contributed by atoms with Crippen LogP contribution in [-0.4, -0.2) is 17.5 Å². The summed E-state index contributed by atoms with van der Waals surface area (Å²) in [7, 11) is 0. The number of carbonyl (C=O) groups is 2. The maximum Gasteiger partial charge on any atom is 0.214 e. The number of hydrogen-bond donors (Lipinski definition) is 1. The van der Waals surface area contributed by atoms with Gasteiger partial charge in [-0.05, 0) is 23.1 Å². The lowest BCUT2D eigenvalue weighted by Gasteiger charge is -2.05. The van der Waals surface area contributed by atoms with E-state index in [0.717, 1.165) is 16.3 Å². The van der Waals surface area contributed by atoms with Crippen LogP contribution in [0.1, 0.15) is 26.3 Å². The monoisotopic (exact) mass is 315 g/mol. The molecule has 3 aromatic carbocycles. The number of carboxylic acid groups (broad SMARTS) is 1. The number of benzene rings is 3. The second-order valence-corrected chi connectivity index (χ2v) is 5.48. The van der Waals surface area contributed by atoms with Crippen LogP contribution in [0.4, 0.5) is 5.69 Å². The molecule has 0 bridgehead atoms. The summed E-state index contributed by atoms with van der Waals surface area (Å²) in [5, 5.41) is 16.9. The van der Waals surface area contributed by atoms with Gasteiger partial charge in [0.1, 0.15) is 5.71 Å². The van der Waals surface area contributed by atoms with Crippen molar-refractivity contribution >= 4 is 33.9 Å². The maximum atomic E-state index is 12.6. The zero-order chi connectivity index (χ0) is 16.7. The number of nitrogens with zero attached hydrogens (tertiary/aromatic N) is 1. The number of carboxylic acids is 1. The van der Waals surface area contributed by atoms with E-state index in [1.54, 1.807) is 18.2 Å². The van der Waals surface area contributed by atoms with Gasteiger partial charge in [0.25, 0.3) is 0 Å². The summed E-state index contributed by atoms with van der Waals surface area (Å²) in [4.78, 5) is 23.3. The van der Waals surface area contributed by atoms with Crippen LogP contribution < -0.4 is 10.5 Å². The number of hydrazone groups is 1. The highest BCUT2D eigenvalue weighted by atomic mass is 16.4. The molecule has 1 aliphatic rings. The minimum atomic E-state index is -1.24. The predicted molar refractivity (Wildman–Crippen MR) is 89.2 cm³/mol. The number of nitrogens with one attached hydrogen (secondary N) is 1. The first-order valence-electron chi connectivity index (χ1n) is 7.37. The van der Waals surface area contributed by atoms with Crippen LogP contribution in [0.5, 0.6) is 0 Å². The maximum absolute atomic E-state index is 12.6. The minimum Gasteiger partial charge on any atom is -0.545 e. The van der Waals surface area contributed by atoms with Crippen LogP contribution in [0.25, 0.3) is 10.8 Å². The van der Waals surface area contributed by atoms with Crippen molar-refractivity contribution in [3.8, 4) is 0 Å². The lowest BCUT2D eigenvalue weighted by Crippen LogP contribution is -2.21. The Morgan fingerprint density at radius 2 is 1.58 bits per heavy atom. The van der Waals surface area contributed by atoms with Gasteiger partial charge in [0.15, 0.2) is 0 Å². The van der Waals surface area contributed by atoms with Crippen molar-refractivity contribution in [1.29, 1.82) is 0 Å². The fourth-order valence-electron chi connectivity index (χ4n) is 2.89. The molecule has 0 amide bonds. The van der Waals surface area contributed by atoms with Crippen LogP contribution in [-0.2, 0) is 0 Å². The third kappa shape index (κ3) is 2.14. The molecule has 0 aliphatic heterocycles. The highest BCUT2D eigenvalue weighted by molar-refractivity contribution is 6.59. The molecule has 116 valence electrons. The Balaban J connectivity index is 1.70. The Morgan fingerprint density at radius 1 is 0.917 bits per heavy atom. The Bertz CT molecular complexity index is 1020. The van der Waals surface area contributed by atoms with Crippen LogP contribution in [0.15, 0.2) is 65.8 Å². The van der Waals surface area contributed by atoms with Crippen LogP contribution in [0, 0.1) is 0 Å². The van der Waals surface area contributed by atoms with Crippen molar-refractivity contribution in [2.24, 2.45) is 5.10 Å². The number of anilines is 1. The van der Waals surface area contributed by atoms with E-state index in [1.165, 1.54) is 12.1 Å². The van der Waals surface area contributed by atoms with Crippen LogP contribution in [0.3, 0.4) is 0 Å². The standard InChI is InChI=1S/C19H12N2O3/c22-18-15-6-2-4-11-3-1-5-14(16(11)15)17(18)21-20-13-9-7-12(8-10-13)19(23)24/h1-10,20H,(H,23,24)/p-1/b21-17-. The molecule has 0 aromatic heterocycles. The van der Waals surface area contributed by atoms with E-state index in [2.05, 4.69) is 10.5 Å². The molecular formula is C19H11N2O3-. The van der Waals surface area contributed by atoms with E-state index in [0.29, 0.717) is 17.0 Å². The third-order valence-corrected chi connectivity index (χ3v) is 4.04. The van der Waals surface area contributed by atoms with Gasteiger partial charge in [-0.3, -0.25) is 10.2 Å². The summed E-state index contributed by atoms with van der Waals surface area (Å²) in [6.07, 6.45) is 0. The fourth-order valence-corrected chi connectivity index (χ4v) is 2.89. The summed E-state index contributed by atoms with van der Waals surface area (Å²) in [5.74, 6) is -1.36. The molecule has 24 heavy (non-hydrogen) atoms. The van der Waals surface area contributed by atoms with E-state index in [1.807, 2.05) is 30.3 Å². The average Bonchev–Trinajstić information content (AvgIpc) is 2.88. The van der Waals surface area contributed by atoms with Crippen molar-refractivity contribution < 1.29 is 14.7 Å². The van der Waals surface area contributed by atoms with Gasteiger partial charge >= 0.3 is 0 Å². The van der Waals surface area contributed by atoms with Gasteiger partial charge in [-0.2, -0.15) is 5.10 Å². The molecule has 3 aromatic rings. The summed E-state index contributed by atoms with van der Waals surface area (Å²) in [6, 6.07) is 17.3. The fraction of sp³-hybridized carbons (Fsp3) is 0. The summed E-state index contributed by atoms with van der Waals surface area (Å²) >= 11 is 0. The molecule has 0 atom stereocenters. The lowest BCUT2D eigenvalue weighted by atomic mass is 10.1. The second kappa shape index (κ2) is 5.31. The van der Waals surface area contributed by atoms with Crippen LogP contribution >= 0.6 is 0 Å². The predicted octanol–water partition coefficient (Wildman–Crippen LogP) is 2.22. The van der Waals surface area contributed by atoms with Gasteiger partial charge in [-0.25, -0.2) is 0 Å². The molecule has 4 rings (SSSR count). The van der Waals surface area contributed by atoms with Crippen molar-refractivity contribution in [2.45, 2.75) is 0 Å². The van der Waals surface area contributed by atoms with Crippen molar-refractivity contribution in [2.75, 3.05) is 5.43 Å². The molecule has 5 nitrogen and oxygen atoms in total. The first-order chi connectivity index (χ1) is 11.6. The van der Waals surface area contributed by atoms with E-state index in [-0.39, 0.29) is 11.3 Å². The molecule has 0 saturated heterocycles. The zero-order valence-corrected chi connectivity index (χ0v) is 12.4. The van der Waals surface area contributed by atoms with Gasteiger partial charge < -0.3 is 9.90 Å². The quantitative estimate of drug-likeness (QED) is 0.751. The number of Topliss-reactive ketones (excluding diaryl/α,β-unsaturated/α-hetero) is 1. The molecule has 5 heteroatoms. The van der Waals surface area contributed by atoms with Gasteiger partial charge in [0, 0.05) is 16.5 Å². The van der Waals surface area contributed by atoms with Crippen LogP contribution in [0.2, 0.25) is 0 Å². The number of hydrogen-bond acceptors (Lipinski definition) is 5. The number of rotatable bonds is 3. The topological polar surface area (TPSA) is 81.6 Å². The SMILES string of the molecule is O=C([O-])c1ccc(N/N=C2\C(=O)c3cccc4cccc2c34)cc1. The smallest absolute Gasteiger partial charge is 0.214 e. The third-order valence-electron chi connectivity index (χ3n) is 4.04. The van der Waals surface area contributed by atoms with Crippen molar-refractivity contribution in [3.63, 3.8) is 0 Å². The first kappa shape index (κ1) is 14.1. The highest BCUT2D eigenvalue weighted by Gasteiger charge is 2.28. The molecule has 1 aliphatic carbocycles. The molecule has 0 radical (unpaired) electrons. The number of aromatic carboxylic acids is 1. The Morgan fingerprint density at radius 3 is 2.25 bits per heavy atom. The van der Waals surface area contributed by atoms with Gasteiger partial charge in [0.05, 0.1) is 11.7 Å². The van der Waals surface area contributed by atoms with E-state index in [4.69, 9.17) is 0 Å². The summed E-state index contributed by atoms with van der Waals surface area (Å²) in [5.41, 5.74) is 5.29. The summed E-state index contributed by atoms with van der Waals surface area (Å²) in [6.45, 7) is 0. The molecule has 0 heterocycles. The largest absolute Gasteiger partial charge is 0.545 e. The molecule has 0 spiro atoms. The zero-order valence-electron chi connectivity index (χ0n) is 12.4. The Kier molecular flexibility index (Phi) is 3.13. The number of carbonyl (C=O) groups excluding carboxylic acids is 2. The Hall–Kier alpha value is -3.47. The Labute approximate surface area is 137 Å². The normalized spacial score (nSPS) is 14.3. The first-order valence-corrected chi connectivity index (χ1v) is 7.37. The van der Waals surface area contributed by atoms with Gasteiger partial charge in [-0.15, -0.1) is 0 Å². The lowest BCUT2D eigenvalue weighted by molar-refractivity contribution is -0.255. The molecule has 0 unspecified atom stereocenters. The van der Waals surface area contributed by atoms with E-state index in [9.17, 15) is 14.7 Å². The van der Waals surface area contributed by atoms with E-state index < -0.39 is 5.97 Å². The minimum absolute atomic E-state index is 0.0855. The van der Waals surface area contributed by atoms with E-state index >= 15 is 0 Å². The van der Waals surface area contributed by atoms with Crippen molar-refractivity contribution in [1.82, 2.24) is 0 Å². The highest BCUT2D eigenvalue weighted by Crippen LogP contribution is 2.31. The molecule has 1 N–H and O–H groups in total. The van der Waals surface area contributed by atoms with Gasteiger partial charge in [-0.1, -0.05) is 48.5 Å². The second-order valence-electron chi connectivity index (χ2n) is 5.48.